The number of esters is 1. The monoisotopic (exact) mass is 269 g/mol. The average Bonchev–Trinajstić information content (AvgIpc) is 2.47. The molecule has 104 valence electrons. The van der Waals surface area contributed by atoms with Gasteiger partial charge in [-0.25, -0.2) is 9.78 Å². The highest BCUT2D eigenvalue weighted by molar-refractivity contribution is 5.88. The number of aryl methyl sites for hydroxylation is 1. The third-order valence-electron chi connectivity index (χ3n) is 2.96. The Morgan fingerprint density at radius 2 is 1.85 bits per heavy atom. The van der Waals surface area contributed by atoms with Crippen molar-refractivity contribution in [1.29, 1.82) is 0 Å². The van der Waals surface area contributed by atoms with Crippen molar-refractivity contribution in [2.24, 2.45) is 0 Å². The summed E-state index contributed by atoms with van der Waals surface area (Å²) in [6, 6.07) is 13.6. The molecule has 1 aromatic heterocycles. The summed E-state index contributed by atoms with van der Waals surface area (Å²) in [4.78, 5) is 16.2. The molecule has 0 saturated carbocycles. The molecule has 0 radical (unpaired) electrons. The van der Waals surface area contributed by atoms with Gasteiger partial charge in [-0.3, -0.25) is 0 Å². The van der Waals surface area contributed by atoms with Gasteiger partial charge in [0, 0.05) is 5.56 Å². The summed E-state index contributed by atoms with van der Waals surface area (Å²) in [7, 11) is 0. The molecule has 1 heterocycles. The van der Waals surface area contributed by atoms with Crippen LogP contribution >= 0.6 is 0 Å². The summed E-state index contributed by atoms with van der Waals surface area (Å²) >= 11 is 0. The summed E-state index contributed by atoms with van der Waals surface area (Å²) in [5.41, 5.74) is 3.41. The van der Waals surface area contributed by atoms with E-state index in [1.165, 1.54) is 5.56 Å². The molecule has 0 amide bonds. The van der Waals surface area contributed by atoms with E-state index in [2.05, 4.69) is 24.0 Å². The molecule has 0 aliphatic carbocycles. The van der Waals surface area contributed by atoms with Crippen LogP contribution in [0.4, 0.5) is 0 Å². The van der Waals surface area contributed by atoms with Gasteiger partial charge >= 0.3 is 5.97 Å². The lowest BCUT2D eigenvalue weighted by molar-refractivity contribution is 0.0371. The Hall–Kier alpha value is -2.16. The first-order valence-corrected chi connectivity index (χ1v) is 6.87. The van der Waals surface area contributed by atoms with Crippen LogP contribution in [0.1, 0.15) is 36.8 Å². The van der Waals surface area contributed by atoms with Crippen molar-refractivity contribution < 1.29 is 9.53 Å². The van der Waals surface area contributed by atoms with Crippen molar-refractivity contribution >= 4 is 5.97 Å². The molecule has 2 aromatic rings. The van der Waals surface area contributed by atoms with Gasteiger partial charge in [-0.15, -0.1) is 0 Å². The van der Waals surface area contributed by atoms with Crippen LogP contribution in [0.3, 0.4) is 0 Å². The minimum atomic E-state index is -0.382. The summed E-state index contributed by atoms with van der Waals surface area (Å²) in [5.74, 6) is -0.382. The second-order valence-electron chi connectivity index (χ2n) is 4.91. The van der Waals surface area contributed by atoms with E-state index in [0.717, 1.165) is 17.7 Å². The highest BCUT2D eigenvalue weighted by Gasteiger charge is 2.11. The summed E-state index contributed by atoms with van der Waals surface area (Å²) < 4.78 is 5.16. The minimum absolute atomic E-state index is 0.142. The van der Waals surface area contributed by atoms with Crippen molar-refractivity contribution in [3.05, 3.63) is 53.7 Å². The van der Waals surface area contributed by atoms with Crippen LogP contribution < -0.4 is 0 Å². The van der Waals surface area contributed by atoms with Gasteiger partial charge in [0.2, 0.25) is 0 Å². The largest absolute Gasteiger partial charge is 0.458 e. The predicted octanol–water partition coefficient (Wildman–Crippen LogP) is 3.88. The maximum atomic E-state index is 11.9. The molecule has 0 aliphatic heterocycles. The van der Waals surface area contributed by atoms with E-state index < -0.39 is 0 Å². The molecule has 0 bridgehead atoms. The quantitative estimate of drug-likeness (QED) is 0.791. The standard InChI is InChI=1S/C17H19NO2/c1-4-13-8-10-14(11-9-13)15-6-5-7-16(18-15)17(19)20-12(2)3/h5-12H,4H2,1-3H3. The number of hydrogen-bond donors (Lipinski definition) is 0. The number of pyridine rings is 1. The molecule has 0 atom stereocenters. The molecular weight excluding hydrogens is 250 g/mol. The van der Waals surface area contributed by atoms with Crippen LogP contribution in [-0.4, -0.2) is 17.1 Å². The van der Waals surface area contributed by atoms with Gasteiger partial charge in [-0.05, 0) is 38.0 Å². The van der Waals surface area contributed by atoms with Crippen molar-refractivity contribution in [1.82, 2.24) is 4.98 Å². The van der Waals surface area contributed by atoms with Crippen LogP contribution in [0.5, 0.6) is 0 Å². The molecule has 0 saturated heterocycles. The number of ether oxygens (including phenoxy) is 1. The molecule has 3 nitrogen and oxygen atoms in total. The minimum Gasteiger partial charge on any atom is -0.458 e. The van der Waals surface area contributed by atoms with Gasteiger partial charge in [-0.1, -0.05) is 37.3 Å². The van der Waals surface area contributed by atoms with E-state index in [1.54, 1.807) is 6.07 Å². The van der Waals surface area contributed by atoms with Gasteiger partial charge in [0.15, 0.2) is 0 Å². The topological polar surface area (TPSA) is 39.2 Å². The molecule has 0 unspecified atom stereocenters. The average molecular weight is 269 g/mol. The summed E-state index contributed by atoms with van der Waals surface area (Å²) in [5, 5.41) is 0. The van der Waals surface area contributed by atoms with E-state index in [1.807, 2.05) is 38.1 Å². The second kappa shape index (κ2) is 6.33. The third kappa shape index (κ3) is 3.44. The normalized spacial score (nSPS) is 10.6. The van der Waals surface area contributed by atoms with E-state index >= 15 is 0 Å². The van der Waals surface area contributed by atoms with E-state index in [4.69, 9.17) is 4.74 Å². The first kappa shape index (κ1) is 14.3. The lowest BCUT2D eigenvalue weighted by Gasteiger charge is -2.08. The fourth-order valence-corrected chi connectivity index (χ4v) is 1.89. The molecule has 0 aliphatic rings. The van der Waals surface area contributed by atoms with Crippen molar-refractivity contribution in [2.45, 2.75) is 33.3 Å². The third-order valence-corrected chi connectivity index (χ3v) is 2.96. The number of benzene rings is 1. The zero-order valence-corrected chi connectivity index (χ0v) is 12.1. The maximum absolute atomic E-state index is 11.9. The molecular formula is C17H19NO2. The summed E-state index contributed by atoms with van der Waals surface area (Å²) in [6.07, 6.45) is 0.867. The first-order valence-electron chi connectivity index (χ1n) is 6.87. The Morgan fingerprint density at radius 3 is 2.45 bits per heavy atom. The Bertz CT molecular complexity index is 588. The van der Waals surface area contributed by atoms with Gasteiger partial charge in [0.25, 0.3) is 0 Å². The smallest absolute Gasteiger partial charge is 0.357 e. The summed E-state index contributed by atoms with van der Waals surface area (Å²) in [6.45, 7) is 5.77. The van der Waals surface area contributed by atoms with E-state index in [-0.39, 0.29) is 12.1 Å². The van der Waals surface area contributed by atoms with Crippen LogP contribution in [0.2, 0.25) is 0 Å². The Balaban J connectivity index is 2.26. The van der Waals surface area contributed by atoms with Crippen LogP contribution in [-0.2, 0) is 11.2 Å². The zero-order chi connectivity index (χ0) is 14.5. The van der Waals surface area contributed by atoms with Crippen LogP contribution in [0.15, 0.2) is 42.5 Å². The fraction of sp³-hybridized carbons (Fsp3) is 0.294. The van der Waals surface area contributed by atoms with Gasteiger partial charge in [0.05, 0.1) is 11.8 Å². The molecule has 0 spiro atoms. The van der Waals surface area contributed by atoms with Crippen molar-refractivity contribution in [3.63, 3.8) is 0 Å². The zero-order valence-electron chi connectivity index (χ0n) is 12.1. The Kier molecular flexibility index (Phi) is 4.51. The molecule has 20 heavy (non-hydrogen) atoms. The molecule has 3 heteroatoms. The van der Waals surface area contributed by atoms with Crippen LogP contribution in [0, 0.1) is 0 Å². The Morgan fingerprint density at radius 1 is 1.15 bits per heavy atom. The van der Waals surface area contributed by atoms with E-state index in [9.17, 15) is 4.79 Å². The van der Waals surface area contributed by atoms with Gasteiger partial charge in [-0.2, -0.15) is 0 Å². The number of aromatic nitrogens is 1. The number of carbonyl (C=O) groups is 1. The predicted molar refractivity (Wildman–Crippen MR) is 79.6 cm³/mol. The molecule has 2 rings (SSSR count). The Labute approximate surface area is 119 Å². The van der Waals surface area contributed by atoms with Gasteiger partial charge < -0.3 is 4.74 Å². The van der Waals surface area contributed by atoms with Crippen LogP contribution in [0.25, 0.3) is 11.3 Å². The van der Waals surface area contributed by atoms with E-state index in [0.29, 0.717) is 5.69 Å². The molecule has 0 fully saturated rings. The van der Waals surface area contributed by atoms with Gasteiger partial charge in [0.1, 0.15) is 5.69 Å². The second-order valence-corrected chi connectivity index (χ2v) is 4.91. The fourth-order valence-electron chi connectivity index (χ4n) is 1.89. The maximum Gasteiger partial charge on any atom is 0.357 e. The number of rotatable bonds is 4. The highest BCUT2D eigenvalue weighted by atomic mass is 16.5. The van der Waals surface area contributed by atoms with Crippen molar-refractivity contribution in [3.8, 4) is 11.3 Å². The molecule has 1 aromatic carbocycles. The molecule has 0 N–H and O–H groups in total. The first-order chi connectivity index (χ1) is 9.60. The highest BCUT2D eigenvalue weighted by Crippen LogP contribution is 2.18. The number of carbonyl (C=O) groups excluding carboxylic acids is 1. The van der Waals surface area contributed by atoms with Crippen molar-refractivity contribution in [2.75, 3.05) is 0 Å². The lowest BCUT2D eigenvalue weighted by atomic mass is 10.1. The lowest BCUT2D eigenvalue weighted by Crippen LogP contribution is -2.13. The number of hydrogen-bond acceptors (Lipinski definition) is 3. The number of nitrogens with zero attached hydrogens (tertiary/aromatic N) is 1. The SMILES string of the molecule is CCc1ccc(-c2cccc(C(=O)OC(C)C)n2)cc1.